The Balaban J connectivity index is 1.11. The predicted octanol–water partition coefficient (Wildman–Crippen LogP) is -14.9. The fourth-order valence-corrected chi connectivity index (χ4v) is 13.2. The van der Waals surface area contributed by atoms with E-state index in [-0.39, 0.29) is 11.5 Å². The van der Waals surface area contributed by atoms with E-state index in [0.29, 0.717) is 0 Å². The van der Waals surface area contributed by atoms with Gasteiger partial charge in [0.15, 0.2) is 44.0 Å². The van der Waals surface area contributed by atoms with Crippen LogP contribution in [0, 0.1) is 0 Å². The number of aliphatic hydroxyl groups excluding tert-OH is 19. The first kappa shape index (κ1) is 73.1. The minimum absolute atomic E-state index is 0.319. The number of aliphatic hydroxyl groups is 19. The van der Waals surface area contributed by atoms with Gasteiger partial charge in [-0.3, -0.25) is 9.59 Å². The molecule has 15 unspecified atom stereocenters. The largest absolute Gasteiger partial charge is 0.480 e. The summed E-state index contributed by atoms with van der Waals surface area (Å²) in [6.07, 6.45) is -71.4. The topological polar surface area (TPSA) is 640 Å². The lowest BCUT2D eigenvalue weighted by Crippen LogP contribution is -2.68. The van der Waals surface area contributed by atoms with Crippen molar-refractivity contribution in [3.63, 3.8) is 0 Å². The van der Waals surface area contributed by atoms with Crippen LogP contribution in [0.1, 0.15) is 0 Å². The smallest absolute Gasteiger partial charge is 0.321 e. The number of carboxylic acids is 2. The third-order valence-electron chi connectivity index (χ3n) is 16.2. The van der Waals surface area contributed by atoms with E-state index < -0.39 is 284 Å². The number of hydrogen-bond acceptors (Lipinski definition) is 39. The number of rotatable bonds is 15. The highest BCUT2D eigenvalue weighted by Gasteiger charge is 2.60. The normalized spacial score (nSPS) is 50.1. The molecule has 0 aromatic heterocycles. The number of aliphatic carboxylic acids is 2. The molecule has 0 amide bonds. The summed E-state index contributed by atoms with van der Waals surface area (Å²) in [6.45, 7) is -5.43. The summed E-state index contributed by atoms with van der Waals surface area (Å²) >= 11 is 1.60. The molecular formula is C48H80N2O37S2. The number of carboxylic acid groups (broad SMARTS) is 2. The zero-order chi connectivity index (χ0) is 65.2. The van der Waals surface area contributed by atoms with Crippen LogP contribution in [0.2, 0.25) is 0 Å². The maximum atomic E-state index is 11.7. The van der Waals surface area contributed by atoms with Crippen LogP contribution in [0.3, 0.4) is 0 Å². The molecule has 0 saturated carbocycles. The molecule has 0 aliphatic carbocycles. The van der Waals surface area contributed by atoms with Crippen molar-refractivity contribution in [2.75, 3.05) is 56.0 Å². The minimum Gasteiger partial charge on any atom is -0.480 e. The van der Waals surface area contributed by atoms with Gasteiger partial charge in [0, 0.05) is 23.0 Å². The zero-order valence-corrected chi connectivity index (χ0v) is 48.3. The van der Waals surface area contributed by atoms with Gasteiger partial charge in [0.25, 0.3) is 0 Å². The zero-order valence-electron chi connectivity index (χ0n) is 46.6. The molecule has 21 aliphatic rings. The summed E-state index contributed by atoms with van der Waals surface area (Å²) in [5, 5.41) is 233. The molecule has 516 valence electrons. The molecule has 0 aromatic rings. The molecule has 25 N–H and O–H groups in total. The standard InChI is InChI=1S/C48H80N2O37S2/c49-10(40(70)71)6-88-8-17-38-25(62)32(69)48(80-17)85-37-16(5-55)76-44(28(65)21(37)58)83-35-14(3-53)78-46(30(67)23(35)60)87-39-18(9-89-7-11(50)41(72)73)79-47(31(68)24(39)61)84-36-15(4-54)75-43(27(64)20(36)57)81-33-12(1-51)74-42(26(63)19(33)56)82-34-13(2-52)77-45(86-38)29(66)22(34)59/h10-39,42-48,51-69H,1-9,49-50H2,(H,70,71)(H,72,73)/t10-,11-,12?,13?,14?,15?,16?,17?,18?,19-,20?,21-,22-,23-,24-,25-,26?,27?,28?,29?,30?,31?,32?,33-,34-,35-,36-,37-,38-,39-,42-,43-,44+,45-,46+,47+,48-/m1/s1. The quantitative estimate of drug-likeness (QED) is 0.0724. The van der Waals surface area contributed by atoms with E-state index >= 15 is 0 Å². The molecule has 14 bridgehead atoms. The highest BCUT2D eigenvalue weighted by atomic mass is 32.2. The average Bonchev–Trinajstić information content (AvgIpc) is 0.983. The van der Waals surface area contributed by atoms with Gasteiger partial charge in [0.05, 0.1) is 45.2 Å². The lowest BCUT2D eigenvalue weighted by molar-refractivity contribution is -0.395. The summed E-state index contributed by atoms with van der Waals surface area (Å²) in [5.41, 5.74) is 11.4. The fraction of sp³-hybridized carbons (Fsp3) is 0.958. The third-order valence-corrected chi connectivity index (χ3v) is 18.5. The first-order valence-corrected chi connectivity index (χ1v) is 30.4. The SMILES string of the molecule is N[C@H](CSCC1O[C@@H]2O[C@@H]3C(CO)O[C@@H](O[C@@H]4C(CO)O[C@@H](O[C@@H]5C(CSC[C@@H](N)C(=O)O)O[C@@H](O[C@@H]6C(CO)O[C@H](O[C@@H]7C(CO)O[C@H](O[C@@H]8C(CO)O[C@H](O[C@H]1[C@H](O)C2O)C(O)[C@H]8O)C(O)[C@H]7O)C(O)C6O)C(O)[C@H]5O)C(O)[C@H]4O)C(O)[C@H]3O)C(=O)O. The molecule has 37 atom stereocenters. The molecule has 21 fully saturated rings. The molecule has 21 rings (SSSR count). The van der Waals surface area contributed by atoms with E-state index in [1.54, 1.807) is 0 Å². The van der Waals surface area contributed by atoms with Crippen LogP contribution in [-0.4, -0.2) is 402 Å². The van der Waals surface area contributed by atoms with Crippen LogP contribution in [-0.2, 0) is 75.9 Å². The highest BCUT2D eigenvalue weighted by molar-refractivity contribution is 7.99. The molecule has 21 heterocycles. The van der Waals surface area contributed by atoms with E-state index in [9.17, 15) is 117 Å². The highest BCUT2D eigenvalue weighted by Crippen LogP contribution is 2.40. The van der Waals surface area contributed by atoms with Gasteiger partial charge < -0.3 is 185 Å². The van der Waals surface area contributed by atoms with Gasteiger partial charge in [0.1, 0.15) is 171 Å². The number of nitrogens with two attached hydrogens (primary N) is 2. The molecule has 0 radical (unpaired) electrons. The second kappa shape index (κ2) is 31.9. The van der Waals surface area contributed by atoms with Crippen molar-refractivity contribution in [3.8, 4) is 0 Å². The van der Waals surface area contributed by atoms with Crippen LogP contribution in [0.15, 0.2) is 0 Å². The van der Waals surface area contributed by atoms with E-state index in [0.717, 1.165) is 23.5 Å². The van der Waals surface area contributed by atoms with Crippen molar-refractivity contribution in [3.05, 3.63) is 0 Å². The molecule has 41 heteroatoms. The molecule has 21 saturated heterocycles. The fourth-order valence-electron chi connectivity index (χ4n) is 11.2. The number of hydrogen-bond donors (Lipinski definition) is 23. The summed E-state index contributed by atoms with van der Waals surface area (Å²) in [4.78, 5) is 23.2. The predicted molar refractivity (Wildman–Crippen MR) is 280 cm³/mol. The van der Waals surface area contributed by atoms with Crippen molar-refractivity contribution in [1.82, 2.24) is 0 Å². The summed E-state index contributed by atoms with van der Waals surface area (Å²) in [7, 11) is 0. The Morgan fingerprint density at radius 2 is 0.438 bits per heavy atom. The number of thioether (sulfide) groups is 2. The van der Waals surface area contributed by atoms with Crippen LogP contribution in [0.5, 0.6) is 0 Å². The Morgan fingerprint density at radius 1 is 0.281 bits per heavy atom. The van der Waals surface area contributed by atoms with E-state index in [1.165, 1.54) is 0 Å². The van der Waals surface area contributed by atoms with Crippen molar-refractivity contribution in [2.45, 2.75) is 227 Å². The third kappa shape index (κ3) is 15.9. The Morgan fingerprint density at radius 3 is 0.596 bits per heavy atom. The second-order valence-corrected chi connectivity index (χ2v) is 24.4. The Labute approximate surface area is 511 Å². The molecular weight excluding hydrogens is 1260 g/mol. The van der Waals surface area contributed by atoms with E-state index in [2.05, 4.69) is 0 Å². The van der Waals surface area contributed by atoms with Crippen molar-refractivity contribution >= 4 is 35.5 Å². The maximum Gasteiger partial charge on any atom is 0.321 e. The van der Waals surface area contributed by atoms with Crippen molar-refractivity contribution in [1.29, 1.82) is 0 Å². The summed E-state index contributed by atoms with van der Waals surface area (Å²) in [6, 6.07) is -2.94. The van der Waals surface area contributed by atoms with Crippen LogP contribution >= 0.6 is 23.5 Å². The van der Waals surface area contributed by atoms with Crippen LogP contribution < -0.4 is 11.5 Å². The number of ether oxygens (including phenoxy) is 14. The second-order valence-electron chi connectivity index (χ2n) is 22.3. The van der Waals surface area contributed by atoms with Crippen molar-refractivity contribution < 1.29 is 183 Å². The summed E-state index contributed by atoms with van der Waals surface area (Å²) in [5.74, 6) is -4.26. The molecule has 21 aliphatic heterocycles. The van der Waals surface area contributed by atoms with Crippen LogP contribution in [0.4, 0.5) is 0 Å². The summed E-state index contributed by atoms with van der Waals surface area (Å²) < 4.78 is 81.6. The maximum absolute atomic E-state index is 11.7. The first-order valence-electron chi connectivity index (χ1n) is 28.1. The average molecular weight is 1340 g/mol. The van der Waals surface area contributed by atoms with Gasteiger partial charge in [-0.05, 0) is 0 Å². The Kier molecular flexibility index (Phi) is 26.2. The van der Waals surface area contributed by atoms with Gasteiger partial charge in [-0.1, -0.05) is 0 Å². The molecule has 39 nitrogen and oxygen atoms in total. The van der Waals surface area contributed by atoms with Gasteiger partial charge >= 0.3 is 11.9 Å². The molecule has 0 spiro atoms. The Hall–Kier alpha value is -1.76. The Bertz CT molecular complexity index is 2200. The van der Waals surface area contributed by atoms with Gasteiger partial charge in [0.2, 0.25) is 0 Å². The lowest BCUT2D eigenvalue weighted by Gasteiger charge is -2.50. The van der Waals surface area contributed by atoms with E-state index in [4.69, 9.17) is 77.8 Å². The number of carbonyl (C=O) groups is 2. The van der Waals surface area contributed by atoms with Crippen LogP contribution in [0.25, 0.3) is 0 Å². The minimum atomic E-state index is -2.27. The molecule has 89 heavy (non-hydrogen) atoms. The van der Waals surface area contributed by atoms with Gasteiger partial charge in [-0.2, -0.15) is 23.5 Å². The van der Waals surface area contributed by atoms with Crippen molar-refractivity contribution in [2.24, 2.45) is 11.5 Å². The van der Waals surface area contributed by atoms with Gasteiger partial charge in [-0.25, -0.2) is 0 Å². The lowest BCUT2D eigenvalue weighted by atomic mass is 9.95. The molecule has 0 aromatic carbocycles. The van der Waals surface area contributed by atoms with E-state index in [1.807, 2.05) is 0 Å². The first-order chi connectivity index (χ1) is 42.2. The monoisotopic (exact) mass is 1340 g/mol. The van der Waals surface area contributed by atoms with Gasteiger partial charge in [-0.15, -0.1) is 0 Å².